The van der Waals surface area contributed by atoms with Gasteiger partial charge in [-0.2, -0.15) is 5.10 Å². The van der Waals surface area contributed by atoms with Gasteiger partial charge in [-0.1, -0.05) is 30.3 Å². The molecule has 2 N–H and O–H groups in total. The van der Waals surface area contributed by atoms with Crippen LogP contribution >= 0.6 is 11.3 Å². The highest BCUT2D eigenvalue weighted by Gasteiger charge is 2.18. The van der Waals surface area contributed by atoms with E-state index < -0.39 is 11.9 Å². The molecule has 0 aliphatic rings. The topological polar surface area (TPSA) is 105 Å². The third kappa shape index (κ3) is 2.62. The molecule has 0 saturated carbocycles. The number of carboxylic acids is 2. The number of hydrogen-bond donors (Lipinski definition) is 2. The summed E-state index contributed by atoms with van der Waals surface area (Å²) in [5.41, 5.74) is 2.13. The lowest BCUT2D eigenvalue weighted by Gasteiger charge is -1.99. The van der Waals surface area contributed by atoms with Crippen LogP contribution in [0.1, 0.15) is 20.8 Å². The normalized spacial score (nSPS) is 10.9. The van der Waals surface area contributed by atoms with Gasteiger partial charge in [0, 0.05) is 16.3 Å². The quantitative estimate of drug-likeness (QED) is 0.573. The van der Waals surface area contributed by atoms with Crippen LogP contribution in [0.4, 0.5) is 0 Å². The maximum atomic E-state index is 11.3. The molecule has 4 aromatic rings. The van der Waals surface area contributed by atoms with E-state index in [-0.39, 0.29) is 11.3 Å². The molecule has 128 valence electrons. The Balaban J connectivity index is 1.99. The van der Waals surface area contributed by atoms with Crippen LogP contribution in [-0.4, -0.2) is 36.9 Å². The Hall–Kier alpha value is -3.52. The number of aromatic nitrogens is 3. The lowest BCUT2D eigenvalue weighted by molar-refractivity contribution is 0.0683. The first-order chi connectivity index (χ1) is 12.5. The van der Waals surface area contributed by atoms with Gasteiger partial charge in [-0.05, 0) is 18.2 Å². The highest BCUT2D eigenvalue weighted by atomic mass is 32.1. The Morgan fingerprint density at radius 3 is 2.42 bits per heavy atom. The van der Waals surface area contributed by atoms with Crippen LogP contribution < -0.4 is 0 Å². The fraction of sp³-hybridized carbons (Fsp3) is 0. The standard InChI is InChI=1S/C18H11N3O4S/c22-16(23)11-6-7-12-14(8-11)21(18-19-13(9-26-18)17(24)25)20-15(12)10-4-2-1-3-5-10/h1-9H,(H,22,23)(H,24,25). The van der Waals surface area contributed by atoms with Crippen molar-refractivity contribution in [2.75, 3.05) is 0 Å². The molecule has 8 heteroatoms. The number of thiazole rings is 1. The predicted octanol–water partition coefficient (Wildman–Crippen LogP) is 3.55. The molecule has 0 amide bonds. The minimum atomic E-state index is -1.13. The Bertz CT molecular complexity index is 1150. The Morgan fingerprint density at radius 2 is 1.77 bits per heavy atom. The smallest absolute Gasteiger partial charge is 0.355 e. The van der Waals surface area contributed by atoms with Gasteiger partial charge >= 0.3 is 11.9 Å². The molecule has 2 aromatic heterocycles. The van der Waals surface area contributed by atoms with Gasteiger partial charge in [0.25, 0.3) is 0 Å². The maximum Gasteiger partial charge on any atom is 0.355 e. The summed E-state index contributed by atoms with van der Waals surface area (Å²) in [7, 11) is 0. The van der Waals surface area contributed by atoms with Crippen LogP contribution in [0.25, 0.3) is 27.3 Å². The first-order valence-electron chi connectivity index (χ1n) is 7.55. The molecule has 0 aliphatic carbocycles. The summed E-state index contributed by atoms with van der Waals surface area (Å²) in [6.07, 6.45) is 0. The summed E-state index contributed by atoms with van der Waals surface area (Å²) < 4.78 is 1.49. The number of carboxylic acid groups (broad SMARTS) is 2. The fourth-order valence-corrected chi connectivity index (χ4v) is 3.42. The monoisotopic (exact) mass is 365 g/mol. The van der Waals surface area contributed by atoms with Gasteiger partial charge in [0.1, 0.15) is 5.69 Å². The number of aromatic carboxylic acids is 2. The average molecular weight is 365 g/mol. The van der Waals surface area contributed by atoms with Crippen molar-refractivity contribution in [1.29, 1.82) is 0 Å². The Kier molecular flexibility index (Phi) is 3.74. The lowest BCUT2D eigenvalue weighted by atomic mass is 10.1. The summed E-state index contributed by atoms with van der Waals surface area (Å²) in [6, 6.07) is 14.2. The van der Waals surface area contributed by atoms with Gasteiger partial charge in [0.05, 0.1) is 11.1 Å². The highest BCUT2D eigenvalue weighted by Crippen LogP contribution is 2.31. The average Bonchev–Trinajstić information content (AvgIpc) is 3.26. The van der Waals surface area contributed by atoms with Gasteiger partial charge < -0.3 is 10.2 Å². The van der Waals surface area contributed by atoms with E-state index in [0.717, 1.165) is 22.3 Å². The third-order valence-corrected chi connectivity index (χ3v) is 4.68. The van der Waals surface area contributed by atoms with Gasteiger partial charge in [0.2, 0.25) is 5.13 Å². The predicted molar refractivity (Wildman–Crippen MR) is 96.1 cm³/mol. The van der Waals surface area contributed by atoms with Crippen LogP contribution in [0.3, 0.4) is 0 Å². The van der Waals surface area contributed by atoms with Crippen LogP contribution in [0.2, 0.25) is 0 Å². The largest absolute Gasteiger partial charge is 0.478 e. The number of benzene rings is 2. The minimum Gasteiger partial charge on any atom is -0.478 e. The van der Waals surface area contributed by atoms with Crippen molar-refractivity contribution in [2.24, 2.45) is 0 Å². The fourth-order valence-electron chi connectivity index (χ4n) is 2.66. The molecule has 0 unspecified atom stereocenters. The van der Waals surface area contributed by atoms with E-state index in [9.17, 15) is 14.7 Å². The molecule has 0 radical (unpaired) electrons. The van der Waals surface area contributed by atoms with Crippen molar-refractivity contribution in [1.82, 2.24) is 14.8 Å². The van der Waals surface area contributed by atoms with Crippen molar-refractivity contribution in [2.45, 2.75) is 0 Å². The summed E-state index contributed by atoms with van der Waals surface area (Å²) in [4.78, 5) is 26.5. The van der Waals surface area contributed by atoms with E-state index in [1.165, 1.54) is 22.2 Å². The molecule has 0 bridgehead atoms. The lowest BCUT2D eigenvalue weighted by Crippen LogP contribution is -2.01. The zero-order chi connectivity index (χ0) is 18.3. The van der Waals surface area contributed by atoms with Crippen molar-refractivity contribution in [3.8, 4) is 16.4 Å². The zero-order valence-corrected chi connectivity index (χ0v) is 14.0. The van der Waals surface area contributed by atoms with Crippen molar-refractivity contribution in [3.05, 3.63) is 65.2 Å². The zero-order valence-electron chi connectivity index (χ0n) is 13.2. The Labute approximate surface area is 150 Å². The van der Waals surface area contributed by atoms with Gasteiger partial charge in [-0.25, -0.2) is 19.3 Å². The molecule has 2 heterocycles. The second-order valence-electron chi connectivity index (χ2n) is 5.48. The molecular weight excluding hydrogens is 354 g/mol. The third-order valence-electron chi connectivity index (χ3n) is 3.87. The van der Waals surface area contributed by atoms with E-state index in [4.69, 9.17) is 5.11 Å². The van der Waals surface area contributed by atoms with E-state index >= 15 is 0 Å². The van der Waals surface area contributed by atoms with E-state index in [1.54, 1.807) is 6.07 Å². The molecule has 4 rings (SSSR count). The van der Waals surface area contributed by atoms with Crippen molar-refractivity contribution < 1.29 is 19.8 Å². The van der Waals surface area contributed by atoms with E-state index in [2.05, 4.69) is 10.1 Å². The highest BCUT2D eigenvalue weighted by molar-refractivity contribution is 7.12. The Morgan fingerprint density at radius 1 is 1.00 bits per heavy atom. The van der Waals surface area contributed by atoms with Gasteiger partial charge in [-0.15, -0.1) is 11.3 Å². The van der Waals surface area contributed by atoms with Crippen molar-refractivity contribution >= 4 is 34.2 Å². The molecule has 26 heavy (non-hydrogen) atoms. The molecule has 0 atom stereocenters. The van der Waals surface area contributed by atoms with Gasteiger partial charge in [-0.3, -0.25) is 0 Å². The second kappa shape index (κ2) is 6.08. The molecule has 2 aromatic carbocycles. The van der Waals surface area contributed by atoms with Crippen LogP contribution in [0.5, 0.6) is 0 Å². The SMILES string of the molecule is O=C(O)c1ccc2c(-c3ccccc3)nn(-c3nc(C(=O)O)cs3)c2c1. The molecule has 7 nitrogen and oxygen atoms in total. The summed E-state index contributed by atoms with van der Waals surface area (Å²) in [6.45, 7) is 0. The molecule has 0 fully saturated rings. The minimum absolute atomic E-state index is 0.0794. The first kappa shape index (κ1) is 16.0. The van der Waals surface area contributed by atoms with Crippen molar-refractivity contribution in [3.63, 3.8) is 0 Å². The summed E-state index contributed by atoms with van der Waals surface area (Å²) in [5, 5.41) is 25.5. The van der Waals surface area contributed by atoms with Gasteiger partial charge in [0.15, 0.2) is 5.69 Å². The number of hydrogen-bond acceptors (Lipinski definition) is 5. The first-order valence-corrected chi connectivity index (χ1v) is 8.43. The molecule has 0 aliphatic heterocycles. The molecule has 0 saturated heterocycles. The van der Waals surface area contributed by atoms with E-state index in [1.807, 2.05) is 30.3 Å². The number of rotatable bonds is 4. The van der Waals surface area contributed by atoms with Crippen LogP contribution in [-0.2, 0) is 0 Å². The van der Waals surface area contributed by atoms with Crippen LogP contribution in [0.15, 0.2) is 53.9 Å². The summed E-state index contributed by atoms with van der Waals surface area (Å²) in [5.74, 6) is -2.18. The molecular formula is C18H11N3O4S. The number of nitrogens with zero attached hydrogens (tertiary/aromatic N) is 3. The summed E-state index contributed by atoms with van der Waals surface area (Å²) >= 11 is 1.13. The number of carbonyl (C=O) groups is 2. The van der Waals surface area contributed by atoms with Crippen LogP contribution in [0, 0.1) is 0 Å². The molecule has 0 spiro atoms. The number of fused-ring (bicyclic) bond motifs is 1. The second-order valence-corrected chi connectivity index (χ2v) is 6.32. The van der Waals surface area contributed by atoms with E-state index in [0.29, 0.717) is 16.3 Å². The maximum absolute atomic E-state index is 11.3.